The lowest BCUT2D eigenvalue weighted by Crippen LogP contribution is -2.14. The molecule has 0 atom stereocenters. The summed E-state index contributed by atoms with van der Waals surface area (Å²) in [4.78, 5) is 18.3. The Kier molecular flexibility index (Phi) is 4.57. The molecule has 2 aromatic heterocycles. The maximum atomic E-state index is 12.6. The van der Waals surface area contributed by atoms with Crippen molar-refractivity contribution >= 4 is 34.4 Å². The zero-order chi connectivity index (χ0) is 17.3. The fraction of sp³-hybridized carbons (Fsp3) is 0.278. The van der Waals surface area contributed by atoms with Gasteiger partial charge in [-0.25, -0.2) is 9.67 Å². The molecule has 0 saturated heterocycles. The van der Waals surface area contributed by atoms with E-state index < -0.39 is 0 Å². The number of carbonyl (C=O) groups excluding carboxylic acids is 1. The minimum Gasteiger partial charge on any atom is -0.322 e. The molecule has 0 unspecified atom stereocenters. The normalized spacial score (nSPS) is 11.2. The van der Waals surface area contributed by atoms with Crippen LogP contribution in [0.15, 0.2) is 41.4 Å². The molecule has 2 heterocycles. The van der Waals surface area contributed by atoms with Crippen LogP contribution in [-0.4, -0.2) is 26.9 Å². The van der Waals surface area contributed by atoms with Crippen molar-refractivity contribution in [1.82, 2.24) is 14.8 Å². The van der Waals surface area contributed by atoms with Crippen molar-refractivity contribution in [2.45, 2.75) is 31.7 Å². The summed E-state index contributed by atoms with van der Waals surface area (Å²) in [6.07, 6.45) is 3.77. The first-order valence-electron chi connectivity index (χ1n) is 7.80. The van der Waals surface area contributed by atoms with Crippen LogP contribution >= 0.6 is 11.8 Å². The molecular formula is C18H20N4OS. The van der Waals surface area contributed by atoms with E-state index in [9.17, 15) is 4.79 Å². The van der Waals surface area contributed by atoms with Gasteiger partial charge < -0.3 is 5.32 Å². The van der Waals surface area contributed by atoms with Gasteiger partial charge in [-0.05, 0) is 51.3 Å². The van der Waals surface area contributed by atoms with Gasteiger partial charge in [-0.3, -0.25) is 4.79 Å². The smallest absolute Gasteiger partial charge is 0.257 e. The van der Waals surface area contributed by atoms with Gasteiger partial charge in [-0.1, -0.05) is 6.07 Å². The van der Waals surface area contributed by atoms with Crippen molar-refractivity contribution in [2.75, 3.05) is 11.6 Å². The van der Waals surface area contributed by atoms with E-state index in [1.165, 1.54) is 0 Å². The highest BCUT2D eigenvalue weighted by Crippen LogP contribution is 2.22. The molecule has 0 spiro atoms. The van der Waals surface area contributed by atoms with E-state index in [2.05, 4.69) is 29.2 Å². The summed E-state index contributed by atoms with van der Waals surface area (Å²) in [6, 6.07) is 9.87. The molecular weight excluding hydrogens is 320 g/mol. The Morgan fingerprint density at radius 2 is 2.08 bits per heavy atom. The molecule has 3 aromatic rings. The number of nitrogens with one attached hydrogen (secondary N) is 1. The third kappa shape index (κ3) is 3.14. The second kappa shape index (κ2) is 6.65. The maximum absolute atomic E-state index is 12.6. The molecule has 1 N–H and O–H groups in total. The van der Waals surface area contributed by atoms with Crippen molar-refractivity contribution in [3.05, 3.63) is 47.8 Å². The third-order valence-electron chi connectivity index (χ3n) is 3.82. The van der Waals surface area contributed by atoms with Gasteiger partial charge in [0.2, 0.25) is 0 Å². The van der Waals surface area contributed by atoms with E-state index in [1.807, 2.05) is 48.2 Å². The first-order chi connectivity index (χ1) is 11.5. The largest absolute Gasteiger partial charge is 0.322 e. The lowest BCUT2D eigenvalue weighted by molar-refractivity contribution is 0.102. The summed E-state index contributed by atoms with van der Waals surface area (Å²) < 4.78 is 1.87. The second-order valence-electron chi connectivity index (χ2n) is 5.90. The van der Waals surface area contributed by atoms with Crippen molar-refractivity contribution < 1.29 is 4.79 Å². The minimum absolute atomic E-state index is 0.155. The molecule has 3 rings (SSSR count). The SMILES string of the molecule is CSc1cccc(NC(=O)c2cc3cnn(C(C)C)c3nc2C)c1. The Balaban J connectivity index is 1.93. The van der Waals surface area contributed by atoms with E-state index in [0.29, 0.717) is 11.3 Å². The molecule has 1 aromatic carbocycles. The van der Waals surface area contributed by atoms with Crippen LogP contribution in [0.3, 0.4) is 0 Å². The Bertz CT molecular complexity index is 901. The molecule has 24 heavy (non-hydrogen) atoms. The van der Waals surface area contributed by atoms with Crippen LogP contribution in [0.5, 0.6) is 0 Å². The van der Waals surface area contributed by atoms with Crippen molar-refractivity contribution in [2.24, 2.45) is 0 Å². The highest BCUT2D eigenvalue weighted by molar-refractivity contribution is 7.98. The number of nitrogens with zero attached hydrogens (tertiary/aromatic N) is 3. The van der Waals surface area contributed by atoms with Crippen LogP contribution in [0.2, 0.25) is 0 Å². The van der Waals surface area contributed by atoms with Crippen LogP contribution in [0.1, 0.15) is 35.9 Å². The molecule has 0 aliphatic heterocycles. The van der Waals surface area contributed by atoms with Gasteiger partial charge in [0.05, 0.1) is 17.5 Å². The van der Waals surface area contributed by atoms with Crippen LogP contribution in [-0.2, 0) is 0 Å². The maximum Gasteiger partial charge on any atom is 0.257 e. The summed E-state index contributed by atoms with van der Waals surface area (Å²) in [7, 11) is 0. The molecule has 124 valence electrons. The first-order valence-corrected chi connectivity index (χ1v) is 9.02. The van der Waals surface area contributed by atoms with E-state index >= 15 is 0 Å². The number of aromatic nitrogens is 3. The first kappa shape index (κ1) is 16.5. The van der Waals surface area contributed by atoms with Crippen LogP contribution in [0.25, 0.3) is 11.0 Å². The average Bonchev–Trinajstić information content (AvgIpc) is 2.97. The summed E-state index contributed by atoms with van der Waals surface area (Å²) >= 11 is 1.64. The van der Waals surface area contributed by atoms with Gasteiger partial charge >= 0.3 is 0 Å². The Morgan fingerprint density at radius 3 is 2.79 bits per heavy atom. The molecule has 5 nitrogen and oxygen atoms in total. The van der Waals surface area contributed by atoms with Gasteiger partial charge in [0, 0.05) is 22.0 Å². The summed E-state index contributed by atoms with van der Waals surface area (Å²) in [5, 5.41) is 8.18. The molecule has 0 aliphatic rings. The molecule has 0 bridgehead atoms. The topological polar surface area (TPSA) is 59.8 Å². The predicted octanol–water partition coefficient (Wildman–Crippen LogP) is 4.29. The zero-order valence-corrected chi connectivity index (χ0v) is 15.0. The van der Waals surface area contributed by atoms with Crippen LogP contribution in [0, 0.1) is 6.92 Å². The van der Waals surface area contributed by atoms with Gasteiger partial charge in [-0.15, -0.1) is 11.8 Å². The number of aryl methyl sites for hydroxylation is 1. The fourth-order valence-corrected chi connectivity index (χ4v) is 3.03. The van der Waals surface area contributed by atoms with Gasteiger partial charge in [0.15, 0.2) is 5.65 Å². The van der Waals surface area contributed by atoms with Crippen molar-refractivity contribution in [1.29, 1.82) is 0 Å². The van der Waals surface area contributed by atoms with Gasteiger partial charge in [-0.2, -0.15) is 5.10 Å². The number of hydrogen-bond acceptors (Lipinski definition) is 4. The number of rotatable bonds is 4. The highest BCUT2D eigenvalue weighted by atomic mass is 32.2. The Labute approximate surface area is 145 Å². The van der Waals surface area contributed by atoms with Crippen LogP contribution in [0.4, 0.5) is 5.69 Å². The number of amides is 1. The quantitative estimate of drug-likeness (QED) is 0.720. The molecule has 0 aliphatic carbocycles. The van der Waals surface area contributed by atoms with E-state index in [0.717, 1.165) is 21.6 Å². The van der Waals surface area contributed by atoms with Crippen LogP contribution < -0.4 is 5.32 Å². The minimum atomic E-state index is -0.155. The molecule has 1 amide bonds. The highest BCUT2D eigenvalue weighted by Gasteiger charge is 2.15. The molecule has 0 saturated carbocycles. The fourth-order valence-electron chi connectivity index (χ4n) is 2.57. The van der Waals surface area contributed by atoms with Gasteiger partial charge in [0.1, 0.15) is 0 Å². The number of benzene rings is 1. The molecule has 6 heteroatoms. The number of fused-ring (bicyclic) bond motifs is 1. The monoisotopic (exact) mass is 340 g/mol. The number of thioether (sulfide) groups is 1. The molecule has 0 fully saturated rings. The number of pyridine rings is 1. The number of hydrogen-bond donors (Lipinski definition) is 1. The number of carbonyl (C=O) groups is 1. The third-order valence-corrected chi connectivity index (χ3v) is 4.55. The van der Waals surface area contributed by atoms with E-state index in [4.69, 9.17) is 0 Å². The lowest BCUT2D eigenvalue weighted by atomic mass is 10.1. The van der Waals surface area contributed by atoms with Crippen molar-refractivity contribution in [3.8, 4) is 0 Å². The van der Waals surface area contributed by atoms with Crippen molar-refractivity contribution in [3.63, 3.8) is 0 Å². The Morgan fingerprint density at radius 1 is 1.29 bits per heavy atom. The number of anilines is 1. The average molecular weight is 340 g/mol. The standard InChI is InChI=1S/C18H20N4OS/c1-11(2)22-17-13(10-19-22)8-16(12(3)20-17)18(23)21-14-6-5-7-15(9-14)24-4/h5-11H,1-4H3,(H,21,23). The second-order valence-corrected chi connectivity index (χ2v) is 6.78. The molecule has 0 radical (unpaired) electrons. The lowest BCUT2D eigenvalue weighted by Gasteiger charge is -2.10. The van der Waals surface area contributed by atoms with E-state index in [-0.39, 0.29) is 11.9 Å². The summed E-state index contributed by atoms with van der Waals surface area (Å²) in [6.45, 7) is 5.97. The zero-order valence-electron chi connectivity index (χ0n) is 14.2. The van der Waals surface area contributed by atoms with E-state index in [1.54, 1.807) is 18.0 Å². The van der Waals surface area contributed by atoms with Gasteiger partial charge in [0.25, 0.3) is 5.91 Å². The summed E-state index contributed by atoms with van der Waals surface area (Å²) in [5.41, 5.74) is 2.86. The summed E-state index contributed by atoms with van der Waals surface area (Å²) in [5.74, 6) is -0.155. The Hall–Kier alpha value is -2.34. The predicted molar refractivity (Wildman–Crippen MR) is 98.8 cm³/mol.